The van der Waals surface area contributed by atoms with Gasteiger partial charge in [0, 0.05) is 12.3 Å². The summed E-state index contributed by atoms with van der Waals surface area (Å²) in [5.41, 5.74) is 3.24. The molecule has 0 fully saturated rings. The summed E-state index contributed by atoms with van der Waals surface area (Å²) in [5.74, 6) is 1.02. The minimum absolute atomic E-state index is 0.0464. The van der Waals surface area contributed by atoms with Crippen molar-refractivity contribution in [3.8, 4) is 17.2 Å². The Balaban J connectivity index is 1.74. The number of nitrogens with zero attached hydrogens (tertiary/aromatic N) is 2. The van der Waals surface area contributed by atoms with Crippen LogP contribution in [0.4, 0.5) is 0 Å². The fraction of sp³-hybridized carbons (Fsp3) is 0.200. The van der Waals surface area contributed by atoms with Crippen molar-refractivity contribution in [1.82, 2.24) is 9.78 Å². The van der Waals surface area contributed by atoms with Gasteiger partial charge in [-0.25, -0.2) is 4.68 Å². The number of hydrogen-bond acceptors (Lipinski definition) is 4. The molecule has 0 spiro atoms. The average Bonchev–Trinajstić information content (AvgIpc) is 3.07. The second-order valence-corrected chi connectivity index (χ2v) is 6.20. The normalized spacial score (nSPS) is 16.5. The minimum Gasteiger partial charge on any atom is -0.508 e. The van der Waals surface area contributed by atoms with Crippen LogP contribution in [0.3, 0.4) is 0 Å². The lowest BCUT2D eigenvalue weighted by molar-refractivity contribution is 0.0963. The highest BCUT2D eigenvalue weighted by molar-refractivity contribution is 5.98. The smallest absolute Gasteiger partial charge is 0.166 e. The number of aromatic nitrogens is 2. The summed E-state index contributed by atoms with van der Waals surface area (Å²) in [5, 5.41) is 14.6. The van der Waals surface area contributed by atoms with E-state index >= 15 is 0 Å². The van der Waals surface area contributed by atoms with Crippen molar-refractivity contribution in [1.29, 1.82) is 0 Å². The van der Waals surface area contributed by atoms with Crippen LogP contribution in [-0.4, -0.2) is 27.8 Å². The van der Waals surface area contributed by atoms with Gasteiger partial charge in [0.05, 0.1) is 30.3 Å². The van der Waals surface area contributed by atoms with E-state index in [4.69, 9.17) is 4.74 Å². The Morgan fingerprint density at radius 1 is 1.12 bits per heavy atom. The van der Waals surface area contributed by atoms with Crippen LogP contribution in [0, 0.1) is 0 Å². The summed E-state index contributed by atoms with van der Waals surface area (Å²) in [6, 6.07) is 14.8. The zero-order valence-corrected chi connectivity index (χ0v) is 13.8. The summed E-state index contributed by atoms with van der Waals surface area (Å²) >= 11 is 0. The van der Waals surface area contributed by atoms with Crippen LogP contribution in [-0.2, 0) is 6.42 Å². The van der Waals surface area contributed by atoms with Gasteiger partial charge < -0.3 is 9.84 Å². The lowest BCUT2D eigenvalue weighted by Gasteiger charge is -2.23. The van der Waals surface area contributed by atoms with E-state index in [0.29, 0.717) is 18.4 Å². The van der Waals surface area contributed by atoms with Crippen molar-refractivity contribution in [2.45, 2.75) is 18.8 Å². The standard InChI is InChI=1S/C20H18N2O3/c1-25-15-8-6-14(7-9-15)22-18-10-13(11-20(24)17(18)12-21-22)16-4-2-3-5-19(16)23/h2-9,12-13,23H,10-11H2,1H3/t13-/m0/s1. The highest BCUT2D eigenvalue weighted by atomic mass is 16.5. The van der Waals surface area contributed by atoms with Crippen LogP contribution < -0.4 is 4.74 Å². The molecule has 3 aromatic rings. The Kier molecular flexibility index (Phi) is 3.76. The van der Waals surface area contributed by atoms with E-state index in [1.807, 2.05) is 36.4 Å². The van der Waals surface area contributed by atoms with Gasteiger partial charge in [-0.3, -0.25) is 4.79 Å². The number of phenolic OH excluding ortho intramolecular Hbond substituents is 1. The maximum atomic E-state index is 12.6. The minimum atomic E-state index is -0.0464. The molecule has 2 aromatic carbocycles. The molecule has 5 heteroatoms. The van der Waals surface area contributed by atoms with Gasteiger partial charge in [0.25, 0.3) is 0 Å². The summed E-state index contributed by atoms with van der Waals surface area (Å²) in [6.45, 7) is 0. The number of fused-ring (bicyclic) bond motifs is 1. The number of carbonyl (C=O) groups excluding carboxylic acids is 1. The molecule has 1 aromatic heterocycles. The van der Waals surface area contributed by atoms with Gasteiger partial charge in [0.15, 0.2) is 5.78 Å². The Hall–Kier alpha value is -3.08. The van der Waals surface area contributed by atoms with Crippen LogP contribution in [0.15, 0.2) is 54.7 Å². The van der Waals surface area contributed by atoms with E-state index in [2.05, 4.69) is 5.10 Å². The predicted octanol–water partition coefficient (Wildman–Crippen LogP) is 3.50. The largest absolute Gasteiger partial charge is 0.508 e. The first-order valence-corrected chi connectivity index (χ1v) is 8.20. The molecule has 5 nitrogen and oxygen atoms in total. The van der Waals surface area contributed by atoms with Crippen molar-refractivity contribution in [3.05, 3.63) is 71.5 Å². The molecule has 0 saturated heterocycles. The fourth-order valence-electron chi connectivity index (χ4n) is 3.44. The van der Waals surface area contributed by atoms with Crippen molar-refractivity contribution in [2.75, 3.05) is 7.11 Å². The first kappa shape index (κ1) is 15.4. The SMILES string of the molecule is COc1ccc(-n2ncc3c2C[C@H](c2ccccc2O)CC3=O)cc1. The third-order valence-corrected chi connectivity index (χ3v) is 4.73. The molecule has 0 bridgehead atoms. The molecule has 1 N–H and O–H groups in total. The third kappa shape index (κ3) is 2.67. The molecule has 0 saturated carbocycles. The first-order chi connectivity index (χ1) is 12.2. The number of rotatable bonds is 3. The number of hydrogen-bond donors (Lipinski definition) is 1. The van der Waals surface area contributed by atoms with Crippen molar-refractivity contribution >= 4 is 5.78 Å². The molecule has 0 radical (unpaired) electrons. The van der Waals surface area contributed by atoms with Gasteiger partial charge in [-0.05, 0) is 42.3 Å². The molecule has 1 atom stereocenters. The zero-order valence-electron chi connectivity index (χ0n) is 13.8. The van der Waals surface area contributed by atoms with Gasteiger partial charge >= 0.3 is 0 Å². The Labute approximate surface area is 145 Å². The maximum absolute atomic E-state index is 12.6. The first-order valence-electron chi connectivity index (χ1n) is 8.20. The quantitative estimate of drug-likeness (QED) is 0.796. The van der Waals surface area contributed by atoms with Crippen LogP contribution in [0.5, 0.6) is 11.5 Å². The number of Topliss-reactive ketones (excluding diaryl/α,β-unsaturated/α-hetero) is 1. The predicted molar refractivity (Wildman–Crippen MR) is 93.6 cm³/mol. The molecular formula is C20H18N2O3. The monoisotopic (exact) mass is 334 g/mol. The van der Waals surface area contributed by atoms with Crippen molar-refractivity contribution in [3.63, 3.8) is 0 Å². The maximum Gasteiger partial charge on any atom is 0.166 e. The number of phenols is 1. The number of methoxy groups -OCH3 is 1. The summed E-state index contributed by atoms with van der Waals surface area (Å²) in [6.07, 6.45) is 2.69. The molecule has 0 unspecified atom stereocenters. The van der Waals surface area contributed by atoms with E-state index < -0.39 is 0 Å². The molecule has 1 aliphatic rings. The van der Waals surface area contributed by atoms with Crippen LogP contribution in [0.1, 0.15) is 34.0 Å². The van der Waals surface area contributed by atoms with E-state index in [0.717, 1.165) is 22.7 Å². The molecule has 1 heterocycles. The van der Waals surface area contributed by atoms with E-state index in [9.17, 15) is 9.90 Å². The lowest BCUT2D eigenvalue weighted by Crippen LogP contribution is -2.20. The topological polar surface area (TPSA) is 64.3 Å². The zero-order chi connectivity index (χ0) is 17.4. The van der Waals surface area contributed by atoms with E-state index in [1.54, 1.807) is 30.1 Å². The van der Waals surface area contributed by atoms with Gasteiger partial charge in [0.1, 0.15) is 11.5 Å². The second-order valence-electron chi connectivity index (χ2n) is 6.20. The lowest BCUT2D eigenvalue weighted by atomic mass is 9.82. The highest BCUT2D eigenvalue weighted by Gasteiger charge is 2.31. The second kappa shape index (κ2) is 6.09. The molecule has 4 rings (SSSR count). The number of aromatic hydroxyl groups is 1. The number of ether oxygens (including phenoxy) is 1. The van der Waals surface area contributed by atoms with Crippen molar-refractivity contribution < 1.29 is 14.6 Å². The summed E-state index contributed by atoms with van der Waals surface area (Å²) in [4.78, 5) is 12.6. The van der Waals surface area contributed by atoms with Gasteiger partial charge in [-0.1, -0.05) is 18.2 Å². The molecule has 0 aliphatic heterocycles. The van der Waals surface area contributed by atoms with Crippen LogP contribution in [0.2, 0.25) is 0 Å². The van der Waals surface area contributed by atoms with E-state index in [1.165, 1.54) is 0 Å². The molecule has 1 aliphatic carbocycles. The van der Waals surface area contributed by atoms with E-state index in [-0.39, 0.29) is 17.5 Å². The molecular weight excluding hydrogens is 316 g/mol. The third-order valence-electron chi connectivity index (χ3n) is 4.73. The number of benzene rings is 2. The Morgan fingerprint density at radius 2 is 1.88 bits per heavy atom. The molecule has 0 amide bonds. The van der Waals surface area contributed by atoms with Gasteiger partial charge in [-0.15, -0.1) is 0 Å². The average molecular weight is 334 g/mol. The Bertz CT molecular complexity index is 928. The highest BCUT2D eigenvalue weighted by Crippen LogP contribution is 2.37. The Morgan fingerprint density at radius 3 is 2.60 bits per heavy atom. The molecule has 25 heavy (non-hydrogen) atoms. The fourth-order valence-corrected chi connectivity index (χ4v) is 3.44. The van der Waals surface area contributed by atoms with Crippen LogP contribution in [0.25, 0.3) is 5.69 Å². The van der Waals surface area contributed by atoms with Crippen LogP contribution >= 0.6 is 0 Å². The summed E-state index contributed by atoms with van der Waals surface area (Å²) in [7, 11) is 1.63. The van der Waals surface area contributed by atoms with Gasteiger partial charge in [-0.2, -0.15) is 5.10 Å². The summed E-state index contributed by atoms with van der Waals surface area (Å²) < 4.78 is 7.00. The number of ketones is 1. The number of carbonyl (C=O) groups is 1. The van der Waals surface area contributed by atoms with Gasteiger partial charge in [0.2, 0.25) is 0 Å². The van der Waals surface area contributed by atoms with Crippen molar-refractivity contribution in [2.24, 2.45) is 0 Å². The number of para-hydroxylation sites is 1. The molecule has 126 valence electrons.